The molecule has 5 heteroatoms. The maximum absolute atomic E-state index is 12.2. The van der Waals surface area contributed by atoms with Gasteiger partial charge in [-0.15, -0.1) is 11.8 Å². The maximum Gasteiger partial charge on any atom is 0.247 e. The molecule has 1 saturated heterocycles. The minimum absolute atomic E-state index is 0.0319. The van der Waals surface area contributed by atoms with E-state index in [2.05, 4.69) is 5.32 Å². The van der Waals surface area contributed by atoms with Gasteiger partial charge in [-0.2, -0.15) is 0 Å². The van der Waals surface area contributed by atoms with E-state index >= 15 is 0 Å². The van der Waals surface area contributed by atoms with Crippen LogP contribution in [0.2, 0.25) is 0 Å². The first-order valence-electron chi connectivity index (χ1n) is 6.34. The summed E-state index contributed by atoms with van der Waals surface area (Å²) in [7, 11) is 0. The smallest absolute Gasteiger partial charge is 0.247 e. The van der Waals surface area contributed by atoms with Gasteiger partial charge in [-0.25, -0.2) is 0 Å². The normalized spacial score (nSPS) is 18.4. The third kappa shape index (κ3) is 3.29. The highest BCUT2D eigenvalue weighted by molar-refractivity contribution is 7.98. The number of likely N-dealkylation sites (tertiary alicyclic amines) is 1. The first kappa shape index (κ1) is 13.9. The van der Waals surface area contributed by atoms with Crippen LogP contribution in [-0.4, -0.2) is 35.6 Å². The second-order valence-electron chi connectivity index (χ2n) is 4.59. The Morgan fingerprint density at radius 3 is 2.89 bits per heavy atom. The van der Waals surface area contributed by atoms with Gasteiger partial charge < -0.3 is 10.2 Å². The van der Waals surface area contributed by atoms with Crippen LogP contribution >= 0.6 is 11.8 Å². The highest BCUT2D eigenvalue weighted by Gasteiger charge is 2.32. The van der Waals surface area contributed by atoms with Crippen LogP contribution in [0.3, 0.4) is 0 Å². The molecule has 102 valence electrons. The molecule has 1 atom stereocenters. The van der Waals surface area contributed by atoms with E-state index in [4.69, 9.17) is 0 Å². The zero-order chi connectivity index (χ0) is 13.8. The summed E-state index contributed by atoms with van der Waals surface area (Å²) in [4.78, 5) is 26.4. The number of hydrogen-bond acceptors (Lipinski definition) is 3. The standard InChI is InChI=1S/C14H18N2O2S/c1-10(17)16-8-4-7-13(16)14(18)15-11-5-3-6-12(9-11)19-2/h3,5-6,9,13H,4,7-8H2,1-2H3,(H,15,18). The summed E-state index contributed by atoms with van der Waals surface area (Å²) < 4.78 is 0. The average Bonchev–Trinajstić information content (AvgIpc) is 2.88. The molecule has 19 heavy (non-hydrogen) atoms. The van der Waals surface area contributed by atoms with Gasteiger partial charge in [0.1, 0.15) is 6.04 Å². The Hall–Kier alpha value is -1.49. The van der Waals surface area contributed by atoms with Crippen molar-refractivity contribution in [2.45, 2.75) is 30.7 Å². The SMILES string of the molecule is CSc1cccc(NC(=O)C2CCCN2C(C)=O)c1. The van der Waals surface area contributed by atoms with Gasteiger partial charge >= 0.3 is 0 Å². The van der Waals surface area contributed by atoms with Gasteiger partial charge in [0.15, 0.2) is 0 Å². The number of amides is 2. The summed E-state index contributed by atoms with van der Waals surface area (Å²) in [6.07, 6.45) is 3.63. The van der Waals surface area contributed by atoms with Crippen LogP contribution in [0.25, 0.3) is 0 Å². The molecule has 0 bridgehead atoms. The van der Waals surface area contributed by atoms with Crippen molar-refractivity contribution >= 4 is 29.3 Å². The summed E-state index contributed by atoms with van der Waals surface area (Å²) >= 11 is 1.63. The Morgan fingerprint density at radius 2 is 2.21 bits per heavy atom. The maximum atomic E-state index is 12.2. The second-order valence-corrected chi connectivity index (χ2v) is 5.47. The quantitative estimate of drug-likeness (QED) is 0.864. The lowest BCUT2D eigenvalue weighted by molar-refractivity contribution is -0.134. The van der Waals surface area contributed by atoms with Gasteiger partial charge in [0.2, 0.25) is 11.8 Å². The summed E-state index contributed by atoms with van der Waals surface area (Å²) in [5.41, 5.74) is 0.784. The van der Waals surface area contributed by atoms with Crippen LogP contribution in [0.5, 0.6) is 0 Å². The van der Waals surface area contributed by atoms with Crippen molar-refractivity contribution in [1.82, 2.24) is 4.90 Å². The largest absolute Gasteiger partial charge is 0.331 e. The highest BCUT2D eigenvalue weighted by atomic mass is 32.2. The number of nitrogens with one attached hydrogen (secondary N) is 1. The molecule has 0 aliphatic carbocycles. The summed E-state index contributed by atoms with van der Waals surface area (Å²) in [5.74, 6) is -0.124. The fourth-order valence-electron chi connectivity index (χ4n) is 2.34. The van der Waals surface area contributed by atoms with E-state index in [0.29, 0.717) is 6.54 Å². The molecule has 0 aromatic heterocycles. The zero-order valence-electron chi connectivity index (χ0n) is 11.2. The minimum atomic E-state index is -0.324. The molecular weight excluding hydrogens is 260 g/mol. The predicted octanol–water partition coefficient (Wildman–Crippen LogP) is 2.36. The van der Waals surface area contributed by atoms with Crippen LogP contribution in [0.15, 0.2) is 29.2 Å². The minimum Gasteiger partial charge on any atom is -0.331 e. The second kappa shape index (κ2) is 6.10. The lowest BCUT2D eigenvalue weighted by atomic mass is 10.2. The number of benzene rings is 1. The molecule has 2 rings (SSSR count). The molecule has 0 spiro atoms. The van der Waals surface area contributed by atoms with Gasteiger partial charge in [-0.1, -0.05) is 6.07 Å². The highest BCUT2D eigenvalue weighted by Crippen LogP contribution is 2.22. The van der Waals surface area contributed by atoms with Crippen molar-refractivity contribution < 1.29 is 9.59 Å². The zero-order valence-corrected chi connectivity index (χ0v) is 12.0. The van der Waals surface area contributed by atoms with Crippen molar-refractivity contribution in [2.75, 3.05) is 18.1 Å². The van der Waals surface area contributed by atoms with E-state index < -0.39 is 0 Å². The fourth-order valence-corrected chi connectivity index (χ4v) is 2.80. The van der Waals surface area contributed by atoms with Gasteiger partial charge in [0, 0.05) is 24.1 Å². The Morgan fingerprint density at radius 1 is 1.42 bits per heavy atom. The number of carbonyl (C=O) groups excluding carboxylic acids is 2. The third-order valence-corrected chi connectivity index (χ3v) is 4.02. The van der Waals surface area contributed by atoms with Crippen LogP contribution in [-0.2, 0) is 9.59 Å². The number of carbonyl (C=O) groups is 2. The van der Waals surface area contributed by atoms with Gasteiger partial charge in [0.25, 0.3) is 0 Å². The third-order valence-electron chi connectivity index (χ3n) is 3.30. The van der Waals surface area contributed by atoms with Crippen LogP contribution in [0.1, 0.15) is 19.8 Å². The molecule has 1 aromatic carbocycles. The first-order chi connectivity index (χ1) is 9.11. The van der Waals surface area contributed by atoms with Gasteiger partial charge in [-0.3, -0.25) is 9.59 Å². The number of thioether (sulfide) groups is 1. The molecule has 1 fully saturated rings. The molecule has 0 radical (unpaired) electrons. The molecule has 1 heterocycles. The Labute approximate surface area is 117 Å². The van der Waals surface area contributed by atoms with Crippen molar-refractivity contribution in [1.29, 1.82) is 0 Å². The summed E-state index contributed by atoms with van der Waals surface area (Å²) in [6.45, 7) is 2.19. The predicted molar refractivity (Wildman–Crippen MR) is 77.3 cm³/mol. The van der Waals surface area contributed by atoms with E-state index in [9.17, 15) is 9.59 Å². The van der Waals surface area contributed by atoms with Crippen molar-refractivity contribution in [3.8, 4) is 0 Å². The summed E-state index contributed by atoms with van der Waals surface area (Å²) in [6, 6.07) is 7.40. The molecule has 1 N–H and O–H groups in total. The first-order valence-corrected chi connectivity index (χ1v) is 7.56. The van der Waals surface area contributed by atoms with Crippen LogP contribution < -0.4 is 5.32 Å². The van der Waals surface area contributed by atoms with Crippen molar-refractivity contribution in [3.05, 3.63) is 24.3 Å². The van der Waals surface area contributed by atoms with Crippen molar-refractivity contribution in [2.24, 2.45) is 0 Å². The number of rotatable bonds is 3. The molecule has 4 nitrogen and oxygen atoms in total. The molecule has 1 aliphatic rings. The molecule has 1 aromatic rings. The molecule has 2 amide bonds. The van der Waals surface area contributed by atoms with E-state index in [-0.39, 0.29) is 17.9 Å². The molecule has 1 unspecified atom stereocenters. The Balaban J connectivity index is 2.06. The number of nitrogens with zero attached hydrogens (tertiary/aromatic N) is 1. The average molecular weight is 278 g/mol. The Kier molecular flexibility index (Phi) is 4.47. The lowest BCUT2D eigenvalue weighted by Crippen LogP contribution is -2.42. The van der Waals surface area contributed by atoms with Crippen molar-refractivity contribution in [3.63, 3.8) is 0 Å². The molecular formula is C14H18N2O2S. The number of hydrogen-bond donors (Lipinski definition) is 1. The summed E-state index contributed by atoms with van der Waals surface area (Å²) in [5, 5.41) is 2.90. The van der Waals surface area contributed by atoms with E-state index in [0.717, 1.165) is 23.4 Å². The fraction of sp³-hybridized carbons (Fsp3) is 0.429. The van der Waals surface area contributed by atoms with E-state index in [1.807, 2.05) is 30.5 Å². The van der Waals surface area contributed by atoms with E-state index in [1.165, 1.54) is 6.92 Å². The number of anilines is 1. The molecule has 0 saturated carbocycles. The molecule has 1 aliphatic heterocycles. The monoisotopic (exact) mass is 278 g/mol. The van der Waals surface area contributed by atoms with Gasteiger partial charge in [0.05, 0.1) is 0 Å². The Bertz CT molecular complexity index is 490. The topological polar surface area (TPSA) is 49.4 Å². The van der Waals surface area contributed by atoms with Crippen LogP contribution in [0.4, 0.5) is 5.69 Å². The van der Waals surface area contributed by atoms with Gasteiger partial charge in [-0.05, 0) is 37.3 Å². The van der Waals surface area contributed by atoms with Crippen LogP contribution in [0, 0.1) is 0 Å². The lowest BCUT2D eigenvalue weighted by Gasteiger charge is -2.22. The van der Waals surface area contributed by atoms with E-state index in [1.54, 1.807) is 16.7 Å².